The van der Waals surface area contributed by atoms with Crippen LogP contribution in [-0.2, 0) is 5.88 Å². The van der Waals surface area contributed by atoms with Gasteiger partial charge in [-0.25, -0.2) is 0 Å². The molecular formula is C10H14Cl2. The monoisotopic (exact) mass is 204 g/mol. The van der Waals surface area contributed by atoms with Crippen molar-refractivity contribution >= 4 is 23.2 Å². The average Bonchev–Trinajstić information content (AvgIpc) is 2.13. The Morgan fingerprint density at radius 3 is 2.25 bits per heavy atom. The second-order valence-corrected chi connectivity index (χ2v) is 2.89. The minimum absolute atomic E-state index is 0.528. The van der Waals surface area contributed by atoms with Crippen molar-refractivity contribution in [2.24, 2.45) is 0 Å². The van der Waals surface area contributed by atoms with Crippen LogP contribution in [0, 0.1) is 6.92 Å². The summed E-state index contributed by atoms with van der Waals surface area (Å²) in [5.41, 5.74) is 2.16. The number of halogens is 2. The van der Waals surface area contributed by atoms with Crippen LogP contribution in [0.2, 0.25) is 5.02 Å². The zero-order valence-corrected chi connectivity index (χ0v) is 9.21. The Bertz CT molecular complexity index is 231. The Balaban J connectivity index is 0.000000561. The van der Waals surface area contributed by atoms with Crippen molar-refractivity contribution in [2.45, 2.75) is 26.7 Å². The minimum atomic E-state index is 0.528. The van der Waals surface area contributed by atoms with Gasteiger partial charge in [0.2, 0.25) is 0 Å². The number of alkyl halides is 1. The third-order valence-electron chi connectivity index (χ3n) is 1.39. The van der Waals surface area contributed by atoms with Gasteiger partial charge in [-0.1, -0.05) is 37.6 Å². The summed E-state index contributed by atoms with van der Waals surface area (Å²) in [6.07, 6.45) is 0. The van der Waals surface area contributed by atoms with E-state index in [0.717, 1.165) is 16.1 Å². The van der Waals surface area contributed by atoms with Crippen LogP contribution >= 0.6 is 23.2 Å². The molecule has 0 unspecified atom stereocenters. The van der Waals surface area contributed by atoms with Crippen LogP contribution in [0.5, 0.6) is 0 Å². The highest BCUT2D eigenvalue weighted by atomic mass is 35.5. The highest BCUT2D eigenvalue weighted by molar-refractivity contribution is 6.31. The van der Waals surface area contributed by atoms with Crippen LogP contribution in [0.4, 0.5) is 0 Å². The first kappa shape index (κ1) is 11.8. The summed E-state index contributed by atoms with van der Waals surface area (Å²) >= 11 is 11.4. The summed E-state index contributed by atoms with van der Waals surface area (Å²) in [4.78, 5) is 0. The van der Waals surface area contributed by atoms with Crippen LogP contribution in [0.1, 0.15) is 25.0 Å². The van der Waals surface area contributed by atoms with Gasteiger partial charge in [-0.15, -0.1) is 11.6 Å². The topological polar surface area (TPSA) is 0 Å². The lowest BCUT2D eigenvalue weighted by molar-refractivity contribution is 1.36. The van der Waals surface area contributed by atoms with Gasteiger partial charge in [0, 0.05) is 10.9 Å². The van der Waals surface area contributed by atoms with Gasteiger partial charge in [0.1, 0.15) is 0 Å². The molecule has 0 aliphatic heterocycles. The van der Waals surface area contributed by atoms with Gasteiger partial charge in [-0.05, 0) is 24.1 Å². The van der Waals surface area contributed by atoms with E-state index in [2.05, 4.69) is 0 Å². The lowest BCUT2D eigenvalue weighted by Crippen LogP contribution is -1.79. The normalized spacial score (nSPS) is 8.75. The maximum Gasteiger partial charge on any atom is 0.0474 e. The highest BCUT2D eigenvalue weighted by Gasteiger charge is 1.94. The third-order valence-corrected chi connectivity index (χ3v) is 2.11. The van der Waals surface area contributed by atoms with E-state index in [9.17, 15) is 0 Å². The van der Waals surface area contributed by atoms with Gasteiger partial charge in [0.25, 0.3) is 0 Å². The number of aryl methyl sites for hydroxylation is 1. The summed E-state index contributed by atoms with van der Waals surface area (Å²) in [5, 5.41) is 0.790. The molecular weight excluding hydrogens is 191 g/mol. The molecule has 0 amide bonds. The van der Waals surface area contributed by atoms with Crippen LogP contribution in [0.25, 0.3) is 0 Å². The van der Waals surface area contributed by atoms with E-state index < -0.39 is 0 Å². The van der Waals surface area contributed by atoms with E-state index in [1.54, 1.807) is 0 Å². The fraction of sp³-hybridized carbons (Fsp3) is 0.400. The van der Waals surface area contributed by atoms with Crippen molar-refractivity contribution in [3.8, 4) is 0 Å². The molecule has 12 heavy (non-hydrogen) atoms. The summed E-state index contributed by atoms with van der Waals surface area (Å²) in [6, 6.07) is 5.85. The second kappa shape index (κ2) is 6.33. The van der Waals surface area contributed by atoms with Crippen LogP contribution < -0.4 is 0 Å². The quantitative estimate of drug-likeness (QED) is 0.595. The summed E-state index contributed by atoms with van der Waals surface area (Å²) < 4.78 is 0. The van der Waals surface area contributed by atoms with Crippen LogP contribution in [-0.4, -0.2) is 0 Å². The molecule has 1 aromatic carbocycles. The van der Waals surface area contributed by atoms with Crippen LogP contribution in [0.3, 0.4) is 0 Å². The predicted octanol–water partition coefficient (Wildman–Crippen LogP) is 4.41. The first-order valence-corrected chi connectivity index (χ1v) is 4.96. The number of hydrogen-bond acceptors (Lipinski definition) is 0. The molecule has 0 N–H and O–H groups in total. The van der Waals surface area contributed by atoms with E-state index in [1.807, 2.05) is 39.0 Å². The molecule has 0 aliphatic rings. The largest absolute Gasteiger partial charge is 0.122 e. The smallest absolute Gasteiger partial charge is 0.0474 e. The molecule has 0 atom stereocenters. The zero-order chi connectivity index (χ0) is 9.56. The molecule has 0 saturated carbocycles. The molecule has 0 aromatic heterocycles. The molecule has 2 heteroatoms. The molecule has 0 heterocycles. The van der Waals surface area contributed by atoms with Gasteiger partial charge in [0.15, 0.2) is 0 Å². The maximum absolute atomic E-state index is 5.83. The number of hydrogen-bond donors (Lipinski definition) is 0. The third kappa shape index (κ3) is 3.46. The van der Waals surface area contributed by atoms with E-state index in [0.29, 0.717) is 5.88 Å². The van der Waals surface area contributed by atoms with Gasteiger partial charge >= 0.3 is 0 Å². The van der Waals surface area contributed by atoms with Crippen molar-refractivity contribution in [2.75, 3.05) is 0 Å². The van der Waals surface area contributed by atoms with Crippen molar-refractivity contribution in [1.82, 2.24) is 0 Å². The van der Waals surface area contributed by atoms with Crippen LogP contribution in [0.15, 0.2) is 18.2 Å². The van der Waals surface area contributed by atoms with Gasteiger partial charge in [0.05, 0.1) is 0 Å². The van der Waals surface area contributed by atoms with Crippen molar-refractivity contribution in [3.63, 3.8) is 0 Å². The molecule has 0 aliphatic carbocycles. The van der Waals surface area contributed by atoms with Crippen molar-refractivity contribution < 1.29 is 0 Å². The molecule has 0 nitrogen and oxygen atoms in total. The van der Waals surface area contributed by atoms with E-state index in [-0.39, 0.29) is 0 Å². The van der Waals surface area contributed by atoms with Gasteiger partial charge < -0.3 is 0 Å². The number of benzene rings is 1. The Morgan fingerprint density at radius 2 is 1.83 bits per heavy atom. The van der Waals surface area contributed by atoms with E-state index >= 15 is 0 Å². The predicted molar refractivity (Wildman–Crippen MR) is 57.1 cm³/mol. The van der Waals surface area contributed by atoms with Crippen molar-refractivity contribution in [1.29, 1.82) is 0 Å². The fourth-order valence-corrected chi connectivity index (χ4v) is 1.09. The lowest BCUT2D eigenvalue weighted by atomic mass is 10.2. The summed E-state index contributed by atoms with van der Waals surface area (Å²) in [6.45, 7) is 5.97. The summed E-state index contributed by atoms with van der Waals surface area (Å²) in [5.74, 6) is 0.528. The molecule has 1 rings (SSSR count). The van der Waals surface area contributed by atoms with E-state index in [4.69, 9.17) is 23.2 Å². The van der Waals surface area contributed by atoms with Crippen molar-refractivity contribution in [3.05, 3.63) is 34.3 Å². The molecule has 0 fully saturated rings. The first-order valence-electron chi connectivity index (χ1n) is 4.05. The minimum Gasteiger partial charge on any atom is -0.122 e. The van der Waals surface area contributed by atoms with Gasteiger partial charge in [-0.3, -0.25) is 0 Å². The molecule has 68 valence electrons. The SMILES string of the molecule is CC.Cc1ccc(CCl)cc1Cl. The maximum atomic E-state index is 5.83. The standard InChI is InChI=1S/C8H8Cl2.C2H6/c1-6-2-3-7(5-9)4-8(6)10;1-2/h2-4H,5H2,1H3;1-2H3. The molecule has 0 saturated heterocycles. The lowest BCUT2D eigenvalue weighted by Gasteiger charge is -1.98. The Kier molecular flexibility index (Phi) is 6.23. The Labute approximate surface area is 84.5 Å². The molecule has 0 spiro atoms. The Morgan fingerprint density at radius 1 is 1.25 bits per heavy atom. The average molecular weight is 205 g/mol. The molecule has 0 radical (unpaired) electrons. The Hall–Kier alpha value is -0.200. The number of rotatable bonds is 1. The second-order valence-electron chi connectivity index (χ2n) is 2.22. The summed E-state index contributed by atoms with van der Waals surface area (Å²) in [7, 11) is 0. The molecule has 0 bridgehead atoms. The first-order chi connectivity index (χ1) is 5.74. The fourth-order valence-electron chi connectivity index (χ4n) is 0.719. The van der Waals surface area contributed by atoms with Gasteiger partial charge in [-0.2, -0.15) is 0 Å². The zero-order valence-electron chi connectivity index (χ0n) is 7.70. The highest BCUT2D eigenvalue weighted by Crippen LogP contribution is 2.17. The molecule has 1 aromatic rings. The van der Waals surface area contributed by atoms with E-state index in [1.165, 1.54) is 0 Å².